The fourth-order valence-electron chi connectivity index (χ4n) is 1.49. The van der Waals surface area contributed by atoms with Crippen LogP contribution in [0.4, 0.5) is 0 Å². The second kappa shape index (κ2) is 6.62. The van der Waals surface area contributed by atoms with E-state index in [9.17, 15) is 4.79 Å². The molecule has 0 radical (unpaired) electrons. The molecule has 1 saturated heterocycles. The molecule has 0 aliphatic carbocycles. The Labute approximate surface area is 125 Å². The van der Waals surface area contributed by atoms with Crippen molar-refractivity contribution in [2.45, 2.75) is 0 Å². The molecule has 6 nitrogen and oxygen atoms in total. The fourth-order valence-corrected chi connectivity index (χ4v) is 2.32. The number of hydrogen-bond donors (Lipinski definition) is 1. The molecule has 1 aliphatic rings. The minimum atomic E-state index is -0.0758. The third-order valence-corrected chi connectivity index (χ3v) is 3.63. The van der Waals surface area contributed by atoms with Crippen molar-refractivity contribution in [3.8, 4) is 11.5 Å². The number of rotatable bonds is 4. The molecule has 0 saturated carbocycles. The van der Waals surface area contributed by atoms with Gasteiger partial charge in [-0.3, -0.25) is 4.79 Å². The lowest BCUT2D eigenvalue weighted by Crippen LogP contribution is -2.19. The van der Waals surface area contributed by atoms with Crippen molar-refractivity contribution in [1.29, 1.82) is 0 Å². The van der Waals surface area contributed by atoms with Gasteiger partial charge < -0.3 is 14.8 Å². The Bertz CT molecular complexity index is 590. The van der Waals surface area contributed by atoms with E-state index in [4.69, 9.17) is 21.1 Å². The van der Waals surface area contributed by atoms with E-state index < -0.39 is 0 Å². The summed E-state index contributed by atoms with van der Waals surface area (Å²) in [6, 6.07) is 3.34. The molecule has 0 bridgehead atoms. The van der Waals surface area contributed by atoms with E-state index in [1.165, 1.54) is 32.2 Å². The average Bonchev–Trinajstić information content (AvgIpc) is 2.85. The first-order valence-electron chi connectivity index (χ1n) is 5.59. The van der Waals surface area contributed by atoms with Crippen LogP contribution < -0.4 is 14.8 Å². The normalized spacial score (nSPS) is 16.8. The molecule has 1 N–H and O–H groups in total. The summed E-state index contributed by atoms with van der Waals surface area (Å²) in [6.07, 6.45) is 1.49. The van der Waals surface area contributed by atoms with Gasteiger partial charge in [0.25, 0.3) is 0 Å². The molecule has 1 heterocycles. The highest BCUT2D eigenvalue weighted by Crippen LogP contribution is 2.32. The summed E-state index contributed by atoms with van der Waals surface area (Å²) in [7, 11) is 3.07. The van der Waals surface area contributed by atoms with Crippen molar-refractivity contribution in [3.05, 3.63) is 22.7 Å². The van der Waals surface area contributed by atoms with Gasteiger partial charge in [-0.2, -0.15) is 5.10 Å². The lowest BCUT2D eigenvalue weighted by atomic mass is 10.2. The molecule has 1 aromatic carbocycles. The third kappa shape index (κ3) is 3.43. The molecule has 106 valence electrons. The van der Waals surface area contributed by atoms with Gasteiger partial charge in [0.05, 0.1) is 31.2 Å². The summed E-state index contributed by atoms with van der Waals surface area (Å²) in [5.74, 6) is 1.38. The Kier molecular flexibility index (Phi) is 4.86. The van der Waals surface area contributed by atoms with E-state index in [1.807, 2.05) is 0 Å². The average molecular weight is 314 g/mol. The lowest BCUT2D eigenvalue weighted by Gasteiger charge is -2.09. The zero-order valence-electron chi connectivity index (χ0n) is 10.8. The van der Waals surface area contributed by atoms with Crippen molar-refractivity contribution in [2.75, 3.05) is 20.0 Å². The molecule has 20 heavy (non-hydrogen) atoms. The number of methoxy groups -OCH3 is 2. The van der Waals surface area contributed by atoms with Crippen LogP contribution in [0.2, 0.25) is 5.02 Å². The number of amidine groups is 1. The van der Waals surface area contributed by atoms with E-state index in [2.05, 4.69) is 15.5 Å². The van der Waals surface area contributed by atoms with Crippen molar-refractivity contribution in [2.24, 2.45) is 10.2 Å². The lowest BCUT2D eigenvalue weighted by molar-refractivity contribution is -0.116. The van der Waals surface area contributed by atoms with Crippen LogP contribution in [0.25, 0.3) is 0 Å². The number of carbonyl (C=O) groups is 1. The van der Waals surface area contributed by atoms with Gasteiger partial charge in [0.15, 0.2) is 16.7 Å². The second-order valence-corrected chi connectivity index (χ2v) is 5.09. The van der Waals surface area contributed by atoms with Gasteiger partial charge in [-0.05, 0) is 6.07 Å². The first-order valence-corrected chi connectivity index (χ1v) is 6.95. The summed E-state index contributed by atoms with van der Waals surface area (Å²) in [5.41, 5.74) is 0.642. The first-order chi connectivity index (χ1) is 9.63. The Hall–Kier alpha value is -1.73. The maximum absolute atomic E-state index is 11.0. The number of benzene rings is 1. The van der Waals surface area contributed by atoms with Gasteiger partial charge in [-0.1, -0.05) is 23.4 Å². The monoisotopic (exact) mass is 313 g/mol. The van der Waals surface area contributed by atoms with Crippen molar-refractivity contribution in [1.82, 2.24) is 5.32 Å². The second-order valence-electron chi connectivity index (χ2n) is 3.72. The Morgan fingerprint density at radius 3 is 2.65 bits per heavy atom. The van der Waals surface area contributed by atoms with Gasteiger partial charge in [0, 0.05) is 11.6 Å². The zero-order chi connectivity index (χ0) is 14.5. The van der Waals surface area contributed by atoms with Crippen LogP contribution in [0.3, 0.4) is 0 Å². The number of thioether (sulfide) groups is 1. The third-order valence-electron chi connectivity index (χ3n) is 2.43. The predicted octanol–water partition coefficient (Wildman–Crippen LogP) is 1.91. The molecule has 1 fully saturated rings. The van der Waals surface area contributed by atoms with Crippen LogP contribution in [-0.4, -0.2) is 37.3 Å². The fraction of sp³-hybridized carbons (Fsp3) is 0.250. The highest BCUT2D eigenvalue weighted by Gasteiger charge is 2.16. The Morgan fingerprint density at radius 1 is 1.35 bits per heavy atom. The minimum Gasteiger partial charge on any atom is -0.493 e. The van der Waals surface area contributed by atoms with Crippen molar-refractivity contribution >= 4 is 40.7 Å². The van der Waals surface area contributed by atoms with Gasteiger partial charge in [-0.15, -0.1) is 5.10 Å². The molecule has 1 aromatic rings. The van der Waals surface area contributed by atoms with Crippen LogP contribution in [0.5, 0.6) is 11.5 Å². The molecule has 1 aliphatic heterocycles. The quantitative estimate of drug-likeness (QED) is 0.681. The van der Waals surface area contributed by atoms with E-state index >= 15 is 0 Å². The minimum absolute atomic E-state index is 0.0758. The van der Waals surface area contributed by atoms with Crippen molar-refractivity contribution < 1.29 is 14.3 Å². The SMILES string of the molecule is COc1cc(Cl)c(C=NN=C2NC(=O)CS2)cc1OC. The smallest absolute Gasteiger partial charge is 0.236 e. The van der Waals surface area contributed by atoms with E-state index in [0.29, 0.717) is 33.0 Å². The van der Waals surface area contributed by atoms with Crippen LogP contribution in [-0.2, 0) is 4.79 Å². The highest BCUT2D eigenvalue weighted by atomic mass is 35.5. The summed E-state index contributed by atoms with van der Waals surface area (Å²) < 4.78 is 10.3. The van der Waals surface area contributed by atoms with Crippen LogP contribution >= 0.6 is 23.4 Å². The number of ether oxygens (including phenoxy) is 2. The molecule has 8 heteroatoms. The van der Waals surface area contributed by atoms with Gasteiger partial charge in [0.2, 0.25) is 5.91 Å². The number of nitrogens with zero attached hydrogens (tertiary/aromatic N) is 2. The van der Waals surface area contributed by atoms with Gasteiger partial charge in [-0.25, -0.2) is 0 Å². The molecular weight excluding hydrogens is 302 g/mol. The molecule has 0 spiro atoms. The van der Waals surface area contributed by atoms with Gasteiger partial charge >= 0.3 is 0 Å². The predicted molar refractivity (Wildman–Crippen MR) is 80.2 cm³/mol. The summed E-state index contributed by atoms with van der Waals surface area (Å²) in [6.45, 7) is 0. The first kappa shape index (κ1) is 14.7. The van der Waals surface area contributed by atoms with E-state index in [0.717, 1.165) is 0 Å². The summed E-state index contributed by atoms with van der Waals surface area (Å²) in [4.78, 5) is 11.0. The maximum Gasteiger partial charge on any atom is 0.236 e. The Balaban J connectivity index is 2.18. The summed E-state index contributed by atoms with van der Waals surface area (Å²) >= 11 is 7.41. The molecule has 1 amide bonds. The van der Waals surface area contributed by atoms with Gasteiger partial charge in [0.1, 0.15) is 0 Å². The molecule has 0 atom stereocenters. The van der Waals surface area contributed by atoms with Crippen LogP contribution in [0.1, 0.15) is 5.56 Å². The van der Waals surface area contributed by atoms with E-state index in [1.54, 1.807) is 12.1 Å². The number of nitrogens with one attached hydrogen (secondary N) is 1. The number of halogens is 1. The number of hydrogen-bond acceptors (Lipinski definition) is 6. The van der Waals surface area contributed by atoms with E-state index in [-0.39, 0.29) is 5.91 Å². The standard InChI is InChI=1S/C12H12ClN3O3S/c1-18-9-3-7(8(13)4-10(9)19-2)5-14-16-12-15-11(17)6-20-12/h3-5H,6H2,1-2H3,(H,15,16,17). The topological polar surface area (TPSA) is 72.3 Å². The molecule has 0 unspecified atom stereocenters. The Morgan fingerprint density at radius 2 is 2.05 bits per heavy atom. The number of carbonyl (C=O) groups excluding carboxylic acids is 1. The largest absolute Gasteiger partial charge is 0.493 e. The highest BCUT2D eigenvalue weighted by molar-refractivity contribution is 8.15. The molecule has 2 rings (SSSR count). The zero-order valence-corrected chi connectivity index (χ0v) is 12.4. The molecular formula is C12H12ClN3O3S. The molecule has 0 aromatic heterocycles. The maximum atomic E-state index is 11.0. The van der Waals surface area contributed by atoms with Crippen molar-refractivity contribution in [3.63, 3.8) is 0 Å². The number of amides is 1. The summed E-state index contributed by atoms with van der Waals surface area (Å²) in [5, 5.41) is 11.3. The van der Waals surface area contributed by atoms with Crippen LogP contribution in [0.15, 0.2) is 22.3 Å². The van der Waals surface area contributed by atoms with Crippen LogP contribution in [0, 0.1) is 0 Å².